The third-order valence-electron chi connectivity index (χ3n) is 9.66. The molecule has 1 saturated heterocycles. The Balaban J connectivity index is 1.28. The minimum Gasteiger partial charge on any atom is -0.392 e. The highest BCUT2D eigenvalue weighted by atomic mass is 16.3. The molecular weight excluding hydrogens is 526 g/mol. The van der Waals surface area contributed by atoms with E-state index in [4.69, 9.17) is 4.98 Å². The molecule has 1 amide bonds. The summed E-state index contributed by atoms with van der Waals surface area (Å²) in [4.78, 5) is 21.0. The first-order valence-corrected chi connectivity index (χ1v) is 15.1. The number of hydrogen-bond acceptors (Lipinski definition) is 7. The van der Waals surface area contributed by atoms with Crippen molar-refractivity contribution in [2.45, 2.75) is 82.8 Å². The van der Waals surface area contributed by atoms with Crippen molar-refractivity contribution < 1.29 is 9.90 Å². The fraction of sp³-hybridized carbons (Fsp3) is 0.545. The van der Waals surface area contributed by atoms with Gasteiger partial charge in [0.15, 0.2) is 0 Å². The fourth-order valence-corrected chi connectivity index (χ4v) is 7.63. The number of carbonyl (C=O) groups excluding carboxylic acids is 1. The summed E-state index contributed by atoms with van der Waals surface area (Å²) in [6, 6.07) is 12.3. The molecule has 3 heterocycles. The molecule has 2 aromatic heterocycles. The number of hydrogen-bond donors (Lipinski definition) is 2. The summed E-state index contributed by atoms with van der Waals surface area (Å²) >= 11 is 0. The van der Waals surface area contributed by atoms with Crippen LogP contribution in [0.1, 0.15) is 91.6 Å². The first kappa shape index (κ1) is 28.5. The number of piperidine rings is 1. The molecule has 2 atom stereocenters. The predicted molar refractivity (Wildman–Crippen MR) is 160 cm³/mol. The molecule has 220 valence electrons. The number of carbonyl (C=O) groups is 1. The molecule has 0 unspecified atom stereocenters. The van der Waals surface area contributed by atoms with Crippen LogP contribution in [-0.2, 0) is 30.8 Å². The lowest BCUT2D eigenvalue weighted by molar-refractivity contribution is 0.0407. The monoisotopic (exact) mass is 567 g/mol. The lowest BCUT2D eigenvalue weighted by atomic mass is 9.57. The highest BCUT2D eigenvalue weighted by Gasteiger charge is 2.49. The van der Waals surface area contributed by atoms with Crippen LogP contribution in [0.4, 0.5) is 5.69 Å². The zero-order chi connectivity index (χ0) is 29.6. The van der Waals surface area contributed by atoms with Crippen LogP contribution >= 0.6 is 0 Å². The Hall–Kier alpha value is -3.61. The number of rotatable bonds is 7. The highest BCUT2D eigenvalue weighted by Crippen LogP contribution is 2.53. The van der Waals surface area contributed by atoms with Crippen molar-refractivity contribution in [1.29, 1.82) is 5.26 Å². The number of fused-ring (bicyclic) bond motifs is 1. The number of β-amino-alcohol motifs (C(OH)–C–C–N with tert-alkyl or cyclic N) is 1. The topological polar surface area (TPSA) is 120 Å². The van der Waals surface area contributed by atoms with Crippen LogP contribution < -0.4 is 5.32 Å². The number of amides is 1. The van der Waals surface area contributed by atoms with Gasteiger partial charge >= 0.3 is 0 Å². The number of benzene rings is 1. The van der Waals surface area contributed by atoms with Gasteiger partial charge in [-0.3, -0.25) is 9.69 Å². The SMILES string of the molecule is C[C@@H]1C[C@H](O)CN(Cc2cc(C(=O)Nc3cccc(C4(c5nncn5C)CC(CC#N)C4)c3)nc3c2CCC3(C)C)C1. The molecule has 0 spiro atoms. The average Bonchev–Trinajstić information content (AvgIpc) is 3.48. The van der Waals surface area contributed by atoms with Gasteiger partial charge in [0.25, 0.3) is 5.91 Å². The summed E-state index contributed by atoms with van der Waals surface area (Å²) in [6.07, 6.45) is 6.35. The molecule has 2 N–H and O–H groups in total. The van der Waals surface area contributed by atoms with E-state index in [1.165, 1.54) is 5.56 Å². The van der Waals surface area contributed by atoms with Gasteiger partial charge in [-0.15, -0.1) is 10.2 Å². The maximum Gasteiger partial charge on any atom is 0.274 e. The van der Waals surface area contributed by atoms with E-state index in [9.17, 15) is 15.2 Å². The second-order valence-corrected chi connectivity index (χ2v) is 13.6. The number of nitriles is 1. The quantitative estimate of drug-likeness (QED) is 0.431. The van der Waals surface area contributed by atoms with E-state index in [2.05, 4.69) is 53.3 Å². The number of nitrogens with one attached hydrogen (secondary N) is 1. The van der Waals surface area contributed by atoms with Gasteiger partial charge in [0.2, 0.25) is 0 Å². The maximum atomic E-state index is 13.7. The number of aliphatic hydroxyl groups excluding tert-OH is 1. The van der Waals surface area contributed by atoms with E-state index < -0.39 is 0 Å². The van der Waals surface area contributed by atoms with Gasteiger partial charge in [0, 0.05) is 44.2 Å². The second-order valence-electron chi connectivity index (χ2n) is 13.6. The minimum absolute atomic E-state index is 0.0956. The van der Waals surface area contributed by atoms with E-state index in [1.54, 1.807) is 6.33 Å². The van der Waals surface area contributed by atoms with Crippen molar-refractivity contribution in [2.75, 3.05) is 18.4 Å². The van der Waals surface area contributed by atoms with Crippen molar-refractivity contribution >= 4 is 11.6 Å². The molecule has 2 aliphatic carbocycles. The van der Waals surface area contributed by atoms with Gasteiger partial charge in [-0.2, -0.15) is 5.26 Å². The van der Waals surface area contributed by atoms with Gasteiger partial charge in [-0.05, 0) is 78.8 Å². The number of aliphatic hydroxyl groups is 1. The molecule has 42 heavy (non-hydrogen) atoms. The standard InChI is InChI=1S/C33H41N7O2/c1-21-12-26(41)19-40(17-21)18-23-13-28(37-29-27(23)8-10-32(29,2)3)30(42)36-25-7-5-6-24(14-25)33(15-22(16-33)9-11-34)31-38-35-20-39(31)4/h5-7,13-14,20-22,26,41H,8-10,12,15-19H2,1-4H3,(H,36,42)/t21-,22?,26+,33?/m1/s1. The van der Waals surface area contributed by atoms with Crippen LogP contribution in [0.2, 0.25) is 0 Å². The van der Waals surface area contributed by atoms with Crippen molar-refractivity contribution in [2.24, 2.45) is 18.9 Å². The van der Waals surface area contributed by atoms with Crippen LogP contribution in [0.25, 0.3) is 0 Å². The Kier molecular flexibility index (Phi) is 7.40. The summed E-state index contributed by atoms with van der Waals surface area (Å²) in [5, 5.41) is 31.3. The fourth-order valence-electron chi connectivity index (χ4n) is 7.63. The lowest BCUT2D eigenvalue weighted by Gasteiger charge is -2.46. The molecule has 9 heteroatoms. The van der Waals surface area contributed by atoms with Gasteiger partial charge < -0.3 is 15.0 Å². The minimum atomic E-state index is -0.341. The summed E-state index contributed by atoms with van der Waals surface area (Å²) in [5.41, 5.74) is 5.18. The normalized spacial score (nSPS) is 26.7. The van der Waals surface area contributed by atoms with Crippen LogP contribution in [0, 0.1) is 23.2 Å². The number of anilines is 1. The van der Waals surface area contributed by atoms with Crippen LogP contribution in [0.15, 0.2) is 36.7 Å². The van der Waals surface area contributed by atoms with Crippen LogP contribution in [-0.4, -0.2) is 54.9 Å². The first-order chi connectivity index (χ1) is 20.1. The molecule has 3 aliphatic rings. The Morgan fingerprint density at radius 1 is 1.24 bits per heavy atom. The summed E-state index contributed by atoms with van der Waals surface area (Å²) in [7, 11) is 1.95. The van der Waals surface area contributed by atoms with Gasteiger partial charge in [-0.25, -0.2) is 4.98 Å². The molecule has 0 bridgehead atoms. The Morgan fingerprint density at radius 2 is 2.05 bits per heavy atom. The zero-order valence-corrected chi connectivity index (χ0v) is 25.1. The molecule has 1 aromatic carbocycles. The maximum absolute atomic E-state index is 13.7. The third-order valence-corrected chi connectivity index (χ3v) is 9.66. The Morgan fingerprint density at radius 3 is 2.76 bits per heavy atom. The number of nitrogens with zero attached hydrogens (tertiary/aromatic N) is 6. The Bertz CT molecular complexity index is 1520. The third kappa shape index (κ3) is 5.23. The lowest BCUT2D eigenvalue weighted by Crippen LogP contribution is -2.44. The molecular formula is C33H41N7O2. The average molecular weight is 568 g/mol. The molecule has 6 rings (SSSR count). The molecule has 1 aliphatic heterocycles. The summed E-state index contributed by atoms with van der Waals surface area (Å²) < 4.78 is 1.95. The van der Waals surface area contributed by atoms with Gasteiger partial charge in [-0.1, -0.05) is 32.9 Å². The highest BCUT2D eigenvalue weighted by molar-refractivity contribution is 6.03. The number of pyridine rings is 1. The summed E-state index contributed by atoms with van der Waals surface area (Å²) in [6.45, 7) is 8.90. The molecule has 2 fully saturated rings. The van der Waals surface area contributed by atoms with E-state index in [1.807, 2.05) is 35.9 Å². The van der Waals surface area contributed by atoms with E-state index >= 15 is 0 Å². The molecule has 9 nitrogen and oxygen atoms in total. The van der Waals surface area contributed by atoms with E-state index in [0.717, 1.165) is 61.3 Å². The molecule has 3 aromatic rings. The predicted octanol–water partition coefficient (Wildman–Crippen LogP) is 4.50. The molecule has 0 radical (unpaired) electrons. The van der Waals surface area contributed by atoms with Crippen LogP contribution in [0.3, 0.4) is 0 Å². The van der Waals surface area contributed by atoms with Crippen molar-refractivity contribution in [3.63, 3.8) is 0 Å². The van der Waals surface area contributed by atoms with E-state index in [0.29, 0.717) is 42.7 Å². The second kappa shape index (κ2) is 10.9. The first-order valence-electron chi connectivity index (χ1n) is 15.1. The molecule has 1 saturated carbocycles. The number of aromatic nitrogens is 4. The van der Waals surface area contributed by atoms with Crippen molar-refractivity contribution in [3.05, 3.63) is 70.6 Å². The number of aryl methyl sites for hydroxylation is 1. The zero-order valence-electron chi connectivity index (χ0n) is 25.1. The van der Waals surface area contributed by atoms with Gasteiger partial charge in [0.05, 0.1) is 23.3 Å². The van der Waals surface area contributed by atoms with Gasteiger partial charge in [0.1, 0.15) is 17.8 Å². The Labute approximate surface area is 248 Å². The van der Waals surface area contributed by atoms with E-state index in [-0.39, 0.29) is 22.8 Å². The van der Waals surface area contributed by atoms with Crippen LogP contribution in [0.5, 0.6) is 0 Å². The largest absolute Gasteiger partial charge is 0.392 e. The number of likely N-dealkylation sites (tertiary alicyclic amines) is 1. The smallest absolute Gasteiger partial charge is 0.274 e. The van der Waals surface area contributed by atoms with Crippen molar-refractivity contribution in [1.82, 2.24) is 24.6 Å². The van der Waals surface area contributed by atoms with Crippen molar-refractivity contribution in [3.8, 4) is 6.07 Å². The summed E-state index contributed by atoms with van der Waals surface area (Å²) in [5.74, 6) is 1.40.